The molecular formula is C21H24FN5O2. The van der Waals surface area contributed by atoms with Gasteiger partial charge in [0.15, 0.2) is 0 Å². The Morgan fingerprint density at radius 1 is 1.14 bits per heavy atom. The van der Waals surface area contributed by atoms with Gasteiger partial charge in [-0.2, -0.15) is 10.2 Å². The maximum absolute atomic E-state index is 13.3. The fraction of sp³-hybridized carbons (Fsp3) is 0.429. The minimum absolute atomic E-state index is 0.0420. The van der Waals surface area contributed by atoms with Crippen LogP contribution in [0.15, 0.2) is 35.3 Å². The summed E-state index contributed by atoms with van der Waals surface area (Å²) < 4.78 is 16.1. The van der Waals surface area contributed by atoms with E-state index in [2.05, 4.69) is 10.2 Å². The number of carbonyl (C=O) groups is 1. The number of nitrogens with zero attached hydrogens (tertiary/aromatic N) is 5. The molecule has 0 spiro atoms. The Bertz CT molecular complexity index is 1090. The first-order valence-electron chi connectivity index (χ1n) is 9.98. The van der Waals surface area contributed by atoms with Crippen molar-refractivity contribution < 1.29 is 9.18 Å². The largest absolute Gasteiger partial charge is 0.341 e. The van der Waals surface area contributed by atoms with E-state index >= 15 is 0 Å². The van der Waals surface area contributed by atoms with Gasteiger partial charge < -0.3 is 4.90 Å². The van der Waals surface area contributed by atoms with Crippen LogP contribution in [-0.2, 0) is 11.3 Å². The summed E-state index contributed by atoms with van der Waals surface area (Å²) in [6.07, 6.45) is 4.71. The zero-order valence-corrected chi connectivity index (χ0v) is 16.6. The Kier molecular flexibility index (Phi) is 5.17. The molecule has 0 bridgehead atoms. The van der Waals surface area contributed by atoms with Crippen molar-refractivity contribution in [1.29, 1.82) is 0 Å². The standard InChI is InChI=1S/C21H24FN5O2/c1-14(2)19-17-12-23-27(16-8-6-15(22)7-9-16)20(17)21(29)26(24-19)13-18(28)25-10-4-3-5-11-25/h6-9,12,14H,3-5,10-11,13H2,1-2H3. The number of rotatable bonds is 4. The SMILES string of the molecule is CC(C)c1nn(CC(=O)N2CCCCC2)c(=O)c2c1cnn2-c1ccc(F)cc1. The van der Waals surface area contributed by atoms with Crippen molar-refractivity contribution in [2.24, 2.45) is 0 Å². The van der Waals surface area contributed by atoms with Crippen LogP contribution in [0, 0.1) is 5.82 Å². The zero-order chi connectivity index (χ0) is 20.5. The predicted molar refractivity (Wildman–Crippen MR) is 108 cm³/mol. The highest BCUT2D eigenvalue weighted by atomic mass is 19.1. The van der Waals surface area contributed by atoms with Crippen LogP contribution < -0.4 is 5.56 Å². The molecule has 1 aromatic carbocycles. The van der Waals surface area contributed by atoms with Gasteiger partial charge in [0.1, 0.15) is 17.9 Å². The molecule has 152 valence electrons. The number of halogens is 1. The van der Waals surface area contributed by atoms with Crippen molar-refractivity contribution in [3.63, 3.8) is 0 Å². The summed E-state index contributed by atoms with van der Waals surface area (Å²) in [6, 6.07) is 5.79. The molecular weight excluding hydrogens is 373 g/mol. The molecule has 0 radical (unpaired) electrons. The third-order valence-corrected chi connectivity index (χ3v) is 5.32. The number of piperidine rings is 1. The Morgan fingerprint density at radius 2 is 1.83 bits per heavy atom. The fourth-order valence-electron chi connectivity index (χ4n) is 3.78. The van der Waals surface area contributed by atoms with Gasteiger partial charge in [0, 0.05) is 18.5 Å². The smallest absolute Gasteiger partial charge is 0.293 e. The lowest BCUT2D eigenvalue weighted by Crippen LogP contribution is -2.40. The molecule has 0 saturated carbocycles. The highest BCUT2D eigenvalue weighted by Crippen LogP contribution is 2.23. The third kappa shape index (κ3) is 3.66. The van der Waals surface area contributed by atoms with Crippen molar-refractivity contribution in [2.45, 2.75) is 45.6 Å². The predicted octanol–water partition coefficient (Wildman–Crippen LogP) is 2.86. The minimum Gasteiger partial charge on any atom is -0.341 e. The van der Waals surface area contributed by atoms with Crippen LogP contribution in [0.25, 0.3) is 16.6 Å². The molecule has 0 N–H and O–H groups in total. The van der Waals surface area contributed by atoms with Crippen molar-refractivity contribution in [1.82, 2.24) is 24.5 Å². The molecule has 1 aliphatic heterocycles. The van der Waals surface area contributed by atoms with E-state index in [-0.39, 0.29) is 29.7 Å². The van der Waals surface area contributed by atoms with Gasteiger partial charge in [0.25, 0.3) is 5.56 Å². The second-order valence-electron chi connectivity index (χ2n) is 7.74. The highest BCUT2D eigenvalue weighted by molar-refractivity contribution is 5.82. The van der Waals surface area contributed by atoms with Crippen LogP contribution in [-0.4, -0.2) is 43.5 Å². The van der Waals surface area contributed by atoms with Gasteiger partial charge in [-0.3, -0.25) is 9.59 Å². The topological polar surface area (TPSA) is 73.0 Å². The lowest BCUT2D eigenvalue weighted by molar-refractivity contribution is -0.133. The summed E-state index contributed by atoms with van der Waals surface area (Å²) in [7, 11) is 0. The van der Waals surface area contributed by atoms with Gasteiger partial charge in [0.05, 0.1) is 17.6 Å². The van der Waals surface area contributed by atoms with Crippen LogP contribution in [0.5, 0.6) is 0 Å². The Morgan fingerprint density at radius 3 is 2.48 bits per heavy atom. The Hall–Kier alpha value is -3.03. The van der Waals surface area contributed by atoms with Crippen molar-refractivity contribution in [2.75, 3.05) is 13.1 Å². The van der Waals surface area contributed by atoms with E-state index in [1.807, 2.05) is 13.8 Å². The normalized spacial score (nSPS) is 14.7. The average Bonchev–Trinajstić information content (AvgIpc) is 3.16. The molecule has 4 rings (SSSR count). The van der Waals surface area contributed by atoms with Crippen molar-refractivity contribution in [3.05, 3.63) is 52.3 Å². The van der Waals surface area contributed by atoms with E-state index in [0.717, 1.165) is 32.4 Å². The summed E-state index contributed by atoms with van der Waals surface area (Å²) in [5.41, 5.74) is 1.26. The number of carbonyl (C=O) groups excluding carboxylic acids is 1. The van der Waals surface area contributed by atoms with Crippen molar-refractivity contribution in [3.8, 4) is 5.69 Å². The van der Waals surface area contributed by atoms with Crippen LogP contribution >= 0.6 is 0 Å². The van der Waals surface area contributed by atoms with Gasteiger partial charge in [-0.25, -0.2) is 13.8 Å². The van der Waals surface area contributed by atoms with E-state index < -0.39 is 0 Å². The zero-order valence-electron chi connectivity index (χ0n) is 16.6. The molecule has 2 aromatic heterocycles. The second kappa shape index (κ2) is 7.77. The minimum atomic E-state index is -0.378. The van der Waals surface area contributed by atoms with E-state index in [9.17, 15) is 14.0 Å². The number of likely N-dealkylation sites (tertiary alicyclic amines) is 1. The van der Waals surface area contributed by atoms with E-state index in [1.165, 1.54) is 21.5 Å². The first-order chi connectivity index (χ1) is 14.0. The Labute approximate surface area is 167 Å². The molecule has 1 amide bonds. The van der Waals surface area contributed by atoms with E-state index in [0.29, 0.717) is 22.3 Å². The summed E-state index contributed by atoms with van der Waals surface area (Å²) in [6.45, 7) is 5.32. The molecule has 1 saturated heterocycles. The van der Waals surface area contributed by atoms with Crippen LogP contribution in [0.1, 0.15) is 44.7 Å². The molecule has 3 heterocycles. The molecule has 0 unspecified atom stereocenters. The van der Waals surface area contributed by atoms with Crippen molar-refractivity contribution >= 4 is 16.8 Å². The molecule has 7 nitrogen and oxygen atoms in total. The fourth-order valence-corrected chi connectivity index (χ4v) is 3.78. The lowest BCUT2D eigenvalue weighted by Gasteiger charge is -2.26. The Balaban J connectivity index is 1.81. The number of hydrogen-bond acceptors (Lipinski definition) is 4. The lowest BCUT2D eigenvalue weighted by atomic mass is 10.1. The number of aromatic nitrogens is 4. The quantitative estimate of drug-likeness (QED) is 0.679. The monoisotopic (exact) mass is 397 g/mol. The summed E-state index contributed by atoms with van der Waals surface area (Å²) in [5, 5.41) is 9.50. The van der Waals surface area contributed by atoms with Gasteiger partial charge in [0.2, 0.25) is 5.91 Å². The second-order valence-corrected chi connectivity index (χ2v) is 7.74. The maximum atomic E-state index is 13.3. The molecule has 29 heavy (non-hydrogen) atoms. The molecule has 0 aliphatic carbocycles. The summed E-state index contributed by atoms with van der Waals surface area (Å²) in [5.74, 6) is -0.416. The number of benzene rings is 1. The highest BCUT2D eigenvalue weighted by Gasteiger charge is 2.22. The van der Waals surface area contributed by atoms with Gasteiger partial charge in [-0.15, -0.1) is 0 Å². The van der Waals surface area contributed by atoms with Gasteiger partial charge in [-0.1, -0.05) is 13.8 Å². The number of amides is 1. The van der Waals surface area contributed by atoms with Gasteiger partial charge >= 0.3 is 0 Å². The van der Waals surface area contributed by atoms with Crippen LogP contribution in [0.3, 0.4) is 0 Å². The average molecular weight is 397 g/mol. The molecule has 1 aliphatic rings. The van der Waals surface area contributed by atoms with Gasteiger partial charge in [-0.05, 0) is 49.4 Å². The molecule has 1 fully saturated rings. The third-order valence-electron chi connectivity index (χ3n) is 5.32. The van der Waals surface area contributed by atoms with Crippen LogP contribution in [0.4, 0.5) is 4.39 Å². The molecule has 3 aromatic rings. The number of hydrogen-bond donors (Lipinski definition) is 0. The van der Waals surface area contributed by atoms with E-state index in [4.69, 9.17) is 0 Å². The molecule has 8 heteroatoms. The summed E-state index contributed by atoms with van der Waals surface area (Å²) >= 11 is 0. The summed E-state index contributed by atoms with van der Waals surface area (Å²) in [4.78, 5) is 27.8. The number of fused-ring (bicyclic) bond motifs is 1. The maximum Gasteiger partial charge on any atom is 0.293 e. The first kappa shape index (κ1) is 19.3. The van der Waals surface area contributed by atoms with E-state index in [1.54, 1.807) is 23.2 Å². The van der Waals surface area contributed by atoms with Crippen LogP contribution in [0.2, 0.25) is 0 Å². The first-order valence-corrected chi connectivity index (χ1v) is 9.98. The molecule has 0 atom stereocenters.